The Kier molecular flexibility index (Phi) is 2.47. The summed E-state index contributed by atoms with van der Waals surface area (Å²) in [5.74, 6) is 0.222. The van der Waals surface area contributed by atoms with Crippen LogP contribution in [0.25, 0.3) is 0 Å². The maximum Gasteiger partial charge on any atom is 0.0608 e. The maximum atomic E-state index is 5.89. The highest BCUT2D eigenvalue weighted by molar-refractivity contribution is 5.88. The highest BCUT2D eigenvalue weighted by Crippen LogP contribution is 2.39. The molecule has 8 N–H and O–H groups in total. The number of anilines is 4. The van der Waals surface area contributed by atoms with Crippen LogP contribution in [0, 0.1) is 6.92 Å². The van der Waals surface area contributed by atoms with Crippen molar-refractivity contribution in [1.29, 1.82) is 0 Å². The van der Waals surface area contributed by atoms with Crippen LogP contribution in [0.2, 0.25) is 0 Å². The van der Waals surface area contributed by atoms with Crippen molar-refractivity contribution in [2.24, 2.45) is 0 Å². The Labute approximate surface area is 84.3 Å². The molecule has 14 heavy (non-hydrogen) atoms. The third kappa shape index (κ3) is 1.32. The van der Waals surface area contributed by atoms with Crippen molar-refractivity contribution < 1.29 is 0 Å². The van der Waals surface area contributed by atoms with Gasteiger partial charge in [-0.15, -0.1) is 0 Å². The van der Waals surface area contributed by atoms with E-state index in [1.54, 1.807) is 0 Å². The molecular formula is C10H18N4. The van der Waals surface area contributed by atoms with E-state index in [1.807, 2.05) is 20.8 Å². The van der Waals surface area contributed by atoms with Crippen molar-refractivity contribution in [3.63, 3.8) is 0 Å². The van der Waals surface area contributed by atoms with Gasteiger partial charge in [-0.1, -0.05) is 13.8 Å². The van der Waals surface area contributed by atoms with Gasteiger partial charge in [0.2, 0.25) is 0 Å². The van der Waals surface area contributed by atoms with Crippen LogP contribution in [0.15, 0.2) is 0 Å². The van der Waals surface area contributed by atoms with E-state index < -0.39 is 0 Å². The molecular weight excluding hydrogens is 176 g/mol. The minimum atomic E-state index is 0.222. The number of hydrogen-bond acceptors (Lipinski definition) is 4. The zero-order valence-electron chi connectivity index (χ0n) is 8.89. The Morgan fingerprint density at radius 3 is 1.43 bits per heavy atom. The topological polar surface area (TPSA) is 104 Å². The largest absolute Gasteiger partial charge is 0.397 e. The van der Waals surface area contributed by atoms with E-state index in [2.05, 4.69) is 0 Å². The molecule has 1 rings (SSSR count). The Hall–Kier alpha value is -1.58. The molecule has 0 bridgehead atoms. The molecule has 4 heteroatoms. The number of rotatable bonds is 1. The predicted molar refractivity (Wildman–Crippen MR) is 62.9 cm³/mol. The number of nitrogen functional groups attached to an aromatic ring is 4. The lowest BCUT2D eigenvalue weighted by atomic mass is 9.94. The van der Waals surface area contributed by atoms with Crippen LogP contribution in [0.4, 0.5) is 22.7 Å². The Balaban J connectivity index is 3.60. The molecule has 0 unspecified atom stereocenters. The fourth-order valence-corrected chi connectivity index (χ4v) is 1.61. The first-order valence-corrected chi connectivity index (χ1v) is 4.60. The van der Waals surface area contributed by atoms with Gasteiger partial charge >= 0.3 is 0 Å². The molecule has 78 valence electrons. The Bertz CT molecular complexity index is 340. The quantitative estimate of drug-likeness (QED) is 0.508. The minimum absolute atomic E-state index is 0.222. The van der Waals surface area contributed by atoms with E-state index in [0.29, 0.717) is 22.7 Å². The van der Waals surface area contributed by atoms with E-state index in [9.17, 15) is 0 Å². The van der Waals surface area contributed by atoms with Gasteiger partial charge in [0.15, 0.2) is 0 Å². The van der Waals surface area contributed by atoms with Gasteiger partial charge in [0.25, 0.3) is 0 Å². The van der Waals surface area contributed by atoms with E-state index >= 15 is 0 Å². The highest BCUT2D eigenvalue weighted by Gasteiger charge is 2.16. The standard InChI is InChI=1S/C10H18N4/c1-4(2)6-9(13)7(11)5(3)8(12)10(6)14/h4H,11-14H2,1-3H3. The molecule has 0 aromatic heterocycles. The molecule has 0 aliphatic carbocycles. The van der Waals surface area contributed by atoms with Crippen LogP contribution in [0.5, 0.6) is 0 Å². The summed E-state index contributed by atoms with van der Waals surface area (Å²) >= 11 is 0. The van der Waals surface area contributed by atoms with Crippen molar-refractivity contribution in [2.45, 2.75) is 26.7 Å². The average Bonchev–Trinajstić information content (AvgIpc) is 2.11. The summed E-state index contributed by atoms with van der Waals surface area (Å²) in [5, 5.41) is 0. The second kappa shape index (κ2) is 3.29. The first-order valence-electron chi connectivity index (χ1n) is 4.60. The molecule has 0 fully saturated rings. The van der Waals surface area contributed by atoms with Gasteiger partial charge in [0, 0.05) is 5.56 Å². The lowest BCUT2D eigenvalue weighted by Crippen LogP contribution is -2.10. The fourth-order valence-electron chi connectivity index (χ4n) is 1.61. The van der Waals surface area contributed by atoms with E-state index in [4.69, 9.17) is 22.9 Å². The van der Waals surface area contributed by atoms with Gasteiger partial charge in [0.1, 0.15) is 0 Å². The zero-order chi connectivity index (χ0) is 11.0. The Morgan fingerprint density at radius 2 is 1.14 bits per heavy atom. The Morgan fingerprint density at radius 1 is 0.786 bits per heavy atom. The SMILES string of the molecule is Cc1c(N)c(N)c(C(C)C)c(N)c1N. The van der Waals surface area contributed by atoms with Gasteiger partial charge in [-0.25, -0.2) is 0 Å². The number of benzene rings is 1. The summed E-state index contributed by atoms with van der Waals surface area (Å²) in [5.41, 5.74) is 27.3. The van der Waals surface area contributed by atoms with Gasteiger partial charge < -0.3 is 22.9 Å². The first kappa shape index (κ1) is 10.5. The molecule has 0 amide bonds. The molecule has 4 nitrogen and oxygen atoms in total. The number of nitrogens with two attached hydrogens (primary N) is 4. The van der Waals surface area contributed by atoms with Gasteiger partial charge in [-0.3, -0.25) is 0 Å². The smallest absolute Gasteiger partial charge is 0.0608 e. The summed E-state index contributed by atoms with van der Waals surface area (Å²) in [4.78, 5) is 0. The molecule has 1 aromatic carbocycles. The van der Waals surface area contributed by atoms with Crippen LogP contribution >= 0.6 is 0 Å². The molecule has 0 aliphatic rings. The third-order valence-corrected chi connectivity index (χ3v) is 2.55. The monoisotopic (exact) mass is 194 g/mol. The van der Waals surface area contributed by atoms with Crippen LogP contribution in [0.1, 0.15) is 30.9 Å². The molecule has 0 atom stereocenters. The first-order chi connectivity index (χ1) is 6.37. The van der Waals surface area contributed by atoms with Crippen molar-refractivity contribution in [1.82, 2.24) is 0 Å². The second-order valence-electron chi connectivity index (χ2n) is 3.85. The normalized spacial score (nSPS) is 10.9. The maximum absolute atomic E-state index is 5.89. The van der Waals surface area contributed by atoms with Gasteiger partial charge in [-0.2, -0.15) is 0 Å². The molecule has 0 saturated heterocycles. The van der Waals surface area contributed by atoms with E-state index in [1.165, 1.54) is 0 Å². The molecule has 0 radical (unpaired) electrons. The molecule has 0 spiro atoms. The second-order valence-corrected chi connectivity index (χ2v) is 3.85. The fraction of sp³-hybridized carbons (Fsp3) is 0.400. The lowest BCUT2D eigenvalue weighted by molar-refractivity contribution is 0.873. The van der Waals surface area contributed by atoms with Crippen LogP contribution < -0.4 is 22.9 Å². The summed E-state index contributed by atoms with van der Waals surface area (Å²) < 4.78 is 0. The lowest BCUT2D eigenvalue weighted by Gasteiger charge is -2.19. The van der Waals surface area contributed by atoms with E-state index in [0.717, 1.165) is 11.1 Å². The highest BCUT2D eigenvalue weighted by atomic mass is 14.8. The third-order valence-electron chi connectivity index (χ3n) is 2.55. The van der Waals surface area contributed by atoms with Gasteiger partial charge in [0.05, 0.1) is 22.7 Å². The van der Waals surface area contributed by atoms with Crippen molar-refractivity contribution >= 4 is 22.7 Å². The molecule has 0 heterocycles. The molecule has 1 aromatic rings. The van der Waals surface area contributed by atoms with Crippen LogP contribution in [-0.4, -0.2) is 0 Å². The zero-order valence-corrected chi connectivity index (χ0v) is 8.89. The summed E-state index contributed by atoms with van der Waals surface area (Å²) in [6.07, 6.45) is 0. The summed E-state index contributed by atoms with van der Waals surface area (Å²) in [6, 6.07) is 0. The predicted octanol–water partition coefficient (Wildman–Crippen LogP) is 1.45. The van der Waals surface area contributed by atoms with Crippen molar-refractivity contribution in [3.05, 3.63) is 11.1 Å². The van der Waals surface area contributed by atoms with Gasteiger partial charge in [-0.05, 0) is 18.4 Å². The van der Waals surface area contributed by atoms with Crippen molar-refractivity contribution in [3.8, 4) is 0 Å². The number of hydrogen-bond donors (Lipinski definition) is 4. The minimum Gasteiger partial charge on any atom is -0.397 e. The van der Waals surface area contributed by atoms with Crippen LogP contribution in [-0.2, 0) is 0 Å². The molecule has 0 aliphatic heterocycles. The molecule has 0 saturated carbocycles. The van der Waals surface area contributed by atoms with Crippen LogP contribution in [0.3, 0.4) is 0 Å². The summed E-state index contributed by atoms with van der Waals surface area (Å²) in [7, 11) is 0. The summed E-state index contributed by atoms with van der Waals surface area (Å²) in [6.45, 7) is 5.84. The average molecular weight is 194 g/mol. The van der Waals surface area contributed by atoms with E-state index in [-0.39, 0.29) is 5.92 Å². The van der Waals surface area contributed by atoms with Crippen molar-refractivity contribution in [2.75, 3.05) is 22.9 Å².